The number of nitrogens with zero attached hydrogens (tertiary/aromatic N) is 2. The van der Waals surface area contributed by atoms with E-state index in [9.17, 15) is 22.4 Å². The Bertz CT molecular complexity index is 1760. The smallest absolute Gasteiger partial charge is 0.264 e. The number of benzene rings is 4. The minimum absolute atomic E-state index is 0.0682. The van der Waals surface area contributed by atoms with Crippen molar-refractivity contribution in [2.75, 3.05) is 17.5 Å². The van der Waals surface area contributed by atoms with Crippen molar-refractivity contribution in [3.8, 4) is 5.75 Å². The van der Waals surface area contributed by atoms with E-state index in [0.717, 1.165) is 34.1 Å². The van der Waals surface area contributed by atoms with E-state index in [2.05, 4.69) is 5.32 Å². The second-order valence-electron chi connectivity index (χ2n) is 12.0. The highest BCUT2D eigenvalue weighted by molar-refractivity contribution is 7.92. The SMILES string of the molecule is CCOc1ccc(N(CC(=O)N(Cc2ccccc2Cl)[C@H](Cc2ccccc2)C(=O)NC(C)(C)C)S(=O)(=O)c2ccc(F)cc2)cc1. The zero-order chi connectivity index (χ0) is 34.2. The standard InChI is InChI=1S/C36H39ClFN3O5S/c1-5-46-30-19-17-29(18-20-30)41(47(44,45)31-21-15-28(38)16-22-31)25-34(42)40(24-27-13-9-10-14-32(27)37)33(35(43)39-36(2,3)4)23-26-11-7-6-8-12-26/h6-22,33H,5,23-25H2,1-4H3,(H,39,43)/t33-/m1/s1. The molecule has 0 heterocycles. The summed E-state index contributed by atoms with van der Waals surface area (Å²) in [5, 5.41) is 3.38. The molecule has 0 saturated heterocycles. The molecule has 8 nitrogen and oxygen atoms in total. The van der Waals surface area contributed by atoms with Gasteiger partial charge in [-0.25, -0.2) is 12.8 Å². The van der Waals surface area contributed by atoms with Gasteiger partial charge in [0, 0.05) is 23.5 Å². The Hall–Kier alpha value is -4.41. The summed E-state index contributed by atoms with van der Waals surface area (Å²) in [5.74, 6) is -1.14. The summed E-state index contributed by atoms with van der Waals surface area (Å²) >= 11 is 6.54. The van der Waals surface area contributed by atoms with Gasteiger partial charge in [-0.05, 0) is 93.4 Å². The highest BCUT2D eigenvalue weighted by Crippen LogP contribution is 2.28. The predicted molar refractivity (Wildman–Crippen MR) is 182 cm³/mol. The molecular formula is C36H39ClFN3O5S. The summed E-state index contributed by atoms with van der Waals surface area (Å²) in [4.78, 5) is 29.7. The van der Waals surface area contributed by atoms with E-state index < -0.39 is 45.8 Å². The van der Waals surface area contributed by atoms with Gasteiger partial charge in [-0.2, -0.15) is 0 Å². The number of sulfonamides is 1. The minimum Gasteiger partial charge on any atom is -0.494 e. The Morgan fingerprint density at radius 3 is 2.11 bits per heavy atom. The van der Waals surface area contributed by atoms with Gasteiger partial charge in [-0.15, -0.1) is 0 Å². The summed E-state index contributed by atoms with van der Waals surface area (Å²) in [6, 6.07) is 25.9. The molecule has 4 rings (SSSR count). The van der Waals surface area contributed by atoms with Gasteiger partial charge in [0.2, 0.25) is 11.8 Å². The molecule has 4 aromatic carbocycles. The molecule has 0 aliphatic carbocycles. The number of rotatable bonds is 13. The first-order chi connectivity index (χ1) is 22.3. The topological polar surface area (TPSA) is 96.0 Å². The molecule has 0 spiro atoms. The largest absolute Gasteiger partial charge is 0.494 e. The van der Waals surface area contributed by atoms with Crippen LogP contribution in [0.3, 0.4) is 0 Å². The lowest BCUT2D eigenvalue weighted by molar-refractivity contribution is -0.140. The summed E-state index contributed by atoms with van der Waals surface area (Å²) in [6.07, 6.45) is 0.159. The van der Waals surface area contributed by atoms with Crippen LogP contribution in [-0.2, 0) is 32.6 Å². The Balaban J connectivity index is 1.82. The average molecular weight is 680 g/mol. The minimum atomic E-state index is -4.39. The molecule has 4 aromatic rings. The number of amides is 2. The van der Waals surface area contributed by atoms with Crippen molar-refractivity contribution in [2.24, 2.45) is 0 Å². The van der Waals surface area contributed by atoms with E-state index in [1.165, 1.54) is 17.0 Å². The molecule has 0 aromatic heterocycles. The van der Waals surface area contributed by atoms with Crippen LogP contribution < -0.4 is 14.4 Å². The molecule has 0 fully saturated rings. The number of hydrogen-bond donors (Lipinski definition) is 1. The van der Waals surface area contributed by atoms with E-state index in [1.807, 2.05) is 58.0 Å². The van der Waals surface area contributed by atoms with Gasteiger partial charge >= 0.3 is 0 Å². The summed E-state index contributed by atoms with van der Waals surface area (Å²) < 4.78 is 48.5. The lowest BCUT2D eigenvalue weighted by Crippen LogP contribution is -2.56. The van der Waals surface area contributed by atoms with Gasteiger partial charge in [0.05, 0.1) is 17.2 Å². The third-order valence-electron chi connectivity index (χ3n) is 7.18. The Kier molecular flexibility index (Phi) is 11.7. The highest BCUT2D eigenvalue weighted by Gasteiger charge is 2.36. The van der Waals surface area contributed by atoms with Crippen molar-refractivity contribution >= 4 is 39.1 Å². The molecule has 47 heavy (non-hydrogen) atoms. The summed E-state index contributed by atoms with van der Waals surface area (Å²) in [7, 11) is -4.39. The fourth-order valence-electron chi connectivity index (χ4n) is 4.95. The van der Waals surface area contributed by atoms with Crippen molar-refractivity contribution in [3.63, 3.8) is 0 Å². The fraction of sp³-hybridized carbons (Fsp3) is 0.278. The maximum atomic E-state index is 14.6. The molecule has 11 heteroatoms. The quantitative estimate of drug-likeness (QED) is 0.171. The van der Waals surface area contributed by atoms with Gasteiger partial charge in [-0.3, -0.25) is 13.9 Å². The molecule has 0 bridgehead atoms. The molecule has 0 saturated carbocycles. The van der Waals surface area contributed by atoms with E-state index in [4.69, 9.17) is 16.3 Å². The van der Waals surface area contributed by atoms with Crippen LogP contribution in [0.5, 0.6) is 5.75 Å². The van der Waals surface area contributed by atoms with Crippen LogP contribution in [-0.4, -0.2) is 49.9 Å². The zero-order valence-electron chi connectivity index (χ0n) is 26.8. The van der Waals surface area contributed by atoms with Crippen LogP contribution in [0.1, 0.15) is 38.8 Å². The molecule has 248 valence electrons. The van der Waals surface area contributed by atoms with Crippen LogP contribution in [0.2, 0.25) is 5.02 Å². The van der Waals surface area contributed by atoms with Crippen LogP contribution in [0, 0.1) is 5.82 Å². The van der Waals surface area contributed by atoms with Crippen molar-refractivity contribution in [3.05, 3.63) is 125 Å². The average Bonchev–Trinajstić information content (AvgIpc) is 3.02. The highest BCUT2D eigenvalue weighted by atomic mass is 35.5. The molecule has 0 aliphatic heterocycles. The molecule has 0 unspecified atom stereocenters. The van der Waals surface area contributed by atoms with Gasteiger partial charge < -0.3 is 15.0 Å². The van der Waals surface area contributed by atoms with Crippen LogP contribution in [0.15, 0.2) is 108 Å². The van der Waals surface area contributed by atoms with Crippen molar-refractivity contribution in [1.29, 1.82) is 0 Å². The summed E-state index contributed by atoms with van der Waals surface area (Å²) in [5.41, 5.74) is 0.951. The molecule has 1 N–H and O–H groups in total. The first-order valence-corrected chi connectivity index (χ1v) is 17.0. The Labute approximate surface area is 281 Å². The predicted octanol–water partition coefficient (Wildman–Crippen LogP) is 6.63. The van der Waals surface area contributed by atoms with Crippen molar-refractivity contribution in [1.82, 2.24) is 10.2 Å². The van der Waals surface area contributed by atoms with Crippen LogP contribution in [0.25, 0.3) is 0 Å². The summed E-state index contributed by atoms with van der Waals surface area (Å²) in [6.45, 7) is 7.03. The van der Waals surface area contributed by atoms with Gasteiger partial charge in [-0.1, -0.05) is 60.1 Å². The first kappa shape index (κ1) is 35.4. The number of anilines is 1. The third-order valence-corrected chi connectivity index (χ3v) is 9.34. The molecular weight excluding hydrogens is 641 g/mol. The van der Waals surface area contributed by atoms with E-state index >= 15 is 0 Å². The van der Waals surface area contributed by atoms with Crippen LogP contribution in [0.4, 0.5) is 10.1 Å². The Morgan fingerprint density at radius 2 is 1.51 bits per heavy atom. The molecule has 0 aliphatic rings. The number of halogens is 2. The monoisotopic (exact) mass is 679 g/mol. The van der Waals surface area contributed by atoms with Crippen molar-refractivity contribution in [2.45, 2.75) is 57.1 Å². The van der Waals surface area contributed by atoms with E-state index in [1.54, 1.807) is 36.4 Å². The second kappa shape index (κ2) is 15.5. The van der Waals surface area contributed by atoms with E-state index in [0.29, 0.717) is 22.9 Å². The number of hydrogen-bond acceptors (Lipinski definition) is 5. The number of nitrogens with one attached hydrogen (secondary N) is 1. The molecule has 0 radical (unpaired) electrons. The van der Waals surface area contributed by atoms with Crippen LogP contribution >= 0.6 is 11.6 Å². The lowest BCUT2D eigenvalue weighted by Gasteiger charge is -2.35. The second-order valence-corrected chi connectivity index (χ2v) is 14.2. The molecule has 2 amide bonds. The number of ether oxygens (including phenoxy) is 1. The van der Waals surface area contributed by atoms with Gasteiger partial charge in [0.15, 0.2) is 0 Å². The Morgan fingerprint density at radius 1 is 0.894 bits per heavy atom. The lowest BCUT2D eigenvalue weighted by atomic mass is 10.0. The van der Waals surface area contributed by atoms with Crippen molar-refractivity contribution < 1.29 is 27.1 Å². The number of carbonyl (C=O) groups excluding carboxylic acids is 2. The third kappa shape index (κ3) is 9.56. The maximum Gasteiger partial charge on any atom is 0.264 e. The first-order valence-electron chi connectivity index (χ1n) is 15.2. The molecule has 1 atom stereocenters. The van der Waals surface area contributed by atoms with E-state index in [-0.39, 0.29) is 23.5 Å². The van der Waals surface area contributed by atoms with Gasteiger partial charge in [0.25, 0.3) is 10.0 Å². The fourth-order valence-corrected chi connectivity index (χ4v) is 6.56. The number of carbonyl (C=O) groups is 2. The van der Waals surface area contributed by atoms with Gasteiger partial charge in [0.1, 0.15) is 24.2 Å². The normalized spacial score (nSPS) is 12.2. The maximum absolute atomic E-state index is 14.6. The zero-order valence-corrected chi connectivity index (χ0v) is 28.4.